The molecule has 3 nitrogen and oxygen atoms in total. The van der Waals surface area contributed by atoms with Crippen LogP contribution in [0.1, 0.15) is 19.4 Å². The lowest BCUT2D eigenvalue weighted by Crippen LogP contribution is -2.30. The first kappa shape index (κ1) is 16.1. The zero-order chi connectivity index (χ0) is 13.9. The van der Waals surface area contributed by atoms with E-state index in [9.17, 15) is 8.42 Å². The summed E-state index contributed by atoms with van der Waals surface area (Å²) in [4.78, 5) is 0.0490. The molecule has 7 heteroatoms. The second-order valence-electron chi connectivity index (χ2n) is 3.56. The highest BCUT2D eigenvalue weighted by molar-refractivity contribution is 7.89. The smallest absolute Gasteiger partial charge is 0.207 e. The number of benzene rings is 1. The van der Waals surface area contributed by atoms with E-state index in [1.807, 2.05) is 0 Å². The third kappa shape index (κ3) is 2.94. The summed E-state index contributed by atoms with van der Waals surface area (Å²) in [6, 6.07) is 2.91. The van der Waals surface area contributed by atoms with Gasteiger partial charge in [0, 0.05) is 23.7 Å². The first-order valence-electron chi connectivity index (χ1n) is 5.43. The maximum absolute atomic E-state index is 12.4. The molecule has 0 aliphatic rings. The van der Waals surface area contributed by atoms with Crippen LogP contribution in [0.25, 0.3) is 0 Å². The molecule has 0 aliphatic heterocycles. The molecule has 0 saturated carbocycles. The summed E-state index contributed by atoms with van der Waals surface area (Å²) in [6.07, 6.45) is 0. The normalized spacial score (nSPS) is 12.1. The van der Waals surface area contributed by atoms with E-state index in [-0.39, 0.29) is 15.8 Å². The molecule has 102 valence electrons. The number of hydrogen-bond donors (Lipinski definition) is 0. The van der Waals surface area contributed by atoms with Gasteiger partial charge in [-0.1, -0.05) is 37.0 Å². The van der Waals surface area contributed by atoms with Crippen molar-refractivity contribution < 1.29 is 8.42 Å². The molecule has 0 unspecified atom stereocenters. The quantitative estimate of drug-likeness (QED) is 0.771. The Morgan fingerprint density at radius 3 is 2.17 bits per heavy atom. The Bertz CT molecular complexity index is 527. The van der Waals surface area contributed by atoms with E-state index in [2.05, 4.69) is 0 Å². The Hall–Kier alpha value is -0.000000000000000167. The van der Waals surface area contributed by atoms with E-state index >= 15 is 0 Å². The van der Waals surface area contributed by atoms with Gasteiger partial charge in [-0.3, -0.25) is 0 Å². The van der Waals surface area contributed by atoms with Gasteiger partial charge in [0.05, 0.1) is 10.9 Å². The molecule has 1 aromatic carbocycles. The number of rotatable bonds is 5. The lowest BCUT2D eigenvalue weighted by atomic mass is 10.2. The third-order valence-corrected chi connectivity index (χ3v) is 5.86. The van der Waals surface area contributed by atoms with Gasteiger partial charge in [0.2, 0.25) is 10.0 Å². The summed E-state index contributed by atoms with van der Waals surface area (Å²) < 4.78 is 26.0. The van der Waals surface area contributed by atoms with Gasteiger partial charge in [-0.05, 0) is 12.1 Å². The van der Waals surface area contributed by atoms with E-state index in [1.165, 1.54) is 16.4 Å². The average molecular weight is 331 g/mol. The maximum atomic E-state index is 12.4. The van der Waals surface area contributed by atoms with Crippen LogP contribution in [-0.4, -0.2) is 25.8 Å². The molecule has 0 saturated heterocycles. The van der Waals surface area contributed by atoms with Crippen molar-refractivity contribution in [1.29, 1.82) is 0 Å². The van der Waals surface area contributed by atoms with Crippen molar-refractivity contribution in [2.24, 2.45) is 0 Å². The van der Waals surface area contributed by atoms with Crippen molar-refractivity contribution in [2.75, 3.05) is 13.1 Å². The molecular formula is C11H14Cl3NO2S. The van der Waals surface area contributed by atoms with Gasteiger partial charge >= 0.3 is 0 Å². The first-order valence-corrected chi connectivity index (χ1v) is 8.16. The van der Waals surface area contributed by atoms with Gasteiger partial charge in [0.15, 0.2) is 0 Å². The van der Waals surface area contributed by atoms with E-state index in [0.717, 1.165) is 0 Å². The fourth-order valence-corrected chi connectivity index (χ4v) is 4.36. The summed E-state index contributed by atoms with van der Waals surface area (Å²) >= 11 is 17.7. The largest absolute Gasteiger partial charge is 0.244 e. The Kier molecular flexibility index (Phi) is 5.74. The predicted molar refractivity (Wildman–Crippen MR) is 76.1 cm³/mol. The molecule has 0 aromatic heterocycles. The van der Waals surface area contributed by atoms with Crippen LogP contribution in [0.4, 0.5) is 0 Å². The van der Waals surface area contributed by atoms with Crippen LogP contribution >= 0.6 is 34.8 Å². The molecule has 1 rings (SSSR count). The molecule has 18 heavy (non-hydrogen) atoms. The monoisotopic (exact) mass is 329 g/mol. The zero-order valence-corrected chi connectivity index (χ0v) is 13.2. The van der Waals surface area contributed by atoms with Crippen LogP contribution in [0, 0.1) is 0 Å². The molecule has 0 radical (unpaired) electrons. The maximum Gasteiger partial charge on any atom is 0.244 e. The predicted octanol–water partition coefficient (Wildman–Crippen LogP) is 3.76. The van der Waals surface area contributed by atoms with Crippen LogP contribution in [0.3, 0.4) is 0 Å². The Balaban J connectivity index is 3.43. The van der Waals surface area contributed by atoms with Gasteiger partial charge < -0.3 is 0 Å². The molecule has 0 spiro atoms. The highest BCUT2D eigenvalue weighted by Gasteiger charge is 2.26. The van der Waals surface area contributed by atoms with E-state index in [0.29, 0.717) is 23.7 Å². The number of alkyl halides is 1. The van der Waals surface area contributed by atoms with E-state index in [1.54, 1.807) is 13.8 Å². The fraction of sp³-hybridized carbons (Fsp3) is 0.455. The topological polar surface area (TPSA) is 37.4 Å². The SMILES string of the molecule is CCN(CC)S(=O)(=O)c1ccc(Cl)c(CCl)c1Cl. The van der Waals surface area contributed by atoms with Crippen LogP contribution in [0.5, 0.6) is 0 Å². The van der Waals surface area contributed by atoms with E-state index < -0.39 is 10.0 Å². The van der Waals surface area contributed by atoms with Gasteiger partial charge in [-0.25, -0.2) is 8.42 Å². The summed E-state index contributed by atoms with van der Waals surface area (Å²) in [5.41, 5.74) is 0.438. The van der Waals surface area contributed by atoms with Gasteiger partial charge in [-0.2, -0.15) is 4.31 Å². The second-order valence-corrected chi connectivity index (χ2v) is 6.52. The minimum absolute atomic E-state index is 0.0490. The van der Waals surface area contributed by atoms with Crippen LogP contribution in [0.15, 0.2) is 17.0 Å². The molecule has 0 N–H and O–H groups in total. The van der Waals surface area contributed by atoms with Crippen molar-refractivity contribution in [2.45, 2.75) is 24.6 Å². The summed E-state index contributed by atoms with van der Waals surface area (Å²) in [5.74, 6) is 0.0687. The van der Waals surface area contributed by atoms with Gasteiger partial charge in [0.25, 0.3) is 0 Å². The highest BCUT2D eigenvalue weighted by Crippen LogP contribution is 2.33. The minimum atomic E-state index is -3.60. The first-order chi connectivity index (χ1) is 8.39. The van der Waals surface area contributed by atoms with Crippen LogP contribution < -0.4 is 0 Å². The third-order valence-electron chi connectivity index (χ3n) is 2.61. The lowest BCUT2D eigenvalue weighted by molar-refractivity contribution is 0.445. The van der Waals surface area contributed by atoms with Gasteiger partial charge in [-0.15, -0.1) is 11.6 Å². The van der Waals surface area contributed by atoms with E-state index in [4.69, 9.17) is 34.8 Å². The Morgan fingerprint density at radius 1 is 1.17 bits per heavy atom. The minimum Gasteiger partial charge on any atom is -0.207 e. The molecule has 0 aliphatic carbocycles. The molecule has 0 amide bonds. The van der Waals surface area contributed by atoms with Gasteiger partial charge in [0.1, 0.15) is 4.90 Å². The molecule has 0 atom stereocenters. The van der Waals surface area contributed by atoms with Crippen molar-refractivity contribution in [3.8, 4) is 0 Å². The summed E-state index contributed by atoms with van der Waals surface area (Å²) in [7, 11) is -3.60. The van der Waals surface area contributed by atoms with Crippen LogP contribution in [0.2, 0.25) is 10.0 Å². The van der Waals surface area contributed by atoms with Crippen LogP contribution in [-0.2, 0) is 15.9 Å². The molecule has 0 bridgehead atoms. The number of hydrogen-bond acceptors (Lipinski definition) is 2. The van der Waals surface area contributed by atoms with Crippen molar-refractivity contribution in [1.82, 2.24) is 4.31 Å². The standard InChI is InChI=1S/C11H14Cl3NO2S/c1-3-15(4-2)18(16,17)10-6-5-9(13)8(7-12)11(10)14/h5-6H,3-4,7H2,1-2H3. The number of nitrogens with zero attached hydrogens (tertiary/aromatic N) is 1. The summed E-state index contributed by atoms with van der Waals surface area (Å²) in [5, 5.41) is 0.470. The lowest BCUT2D eigenvalue weighted by Gasteiger charge is -2.20. The summed E-state index contributed by atoms with van der Waals surface area (Å²) in [6.45, 7) is 4.31. The molecule has 0 heterocycles. The Morgan fingerprint density at radius 2 is 1.72 bits per heavy atom. The molecule has 1 aromatic rings. The van der Waals surface area contributed by atoms with Crippen molar-refractivity contribution >= 4 is 44.8 Å². The number of halogens is 3. The average Bonchev–Trinajstić information content (AvgIpc) is 2.30. The second kappa shape index (κ2) is 6.44. The van der Waals surface area contributed by atoms with Crippen molar-refractivity contribution in [3.63, 3.8) is 0 Å². The zero-order valence-electron chi connectivity index (χ0n) is 10.1. The molecular weight excluding hydrogens is 317 g/mol. The number of sulfonamides is 1. The Labute approximate surface area is 123 Å². The van der Waals surface area contributed by atoms with Crippen molar-refractivity contribution in [3.05, 3.63) is 27.7 Å². The molecule has 0 fully saturated rings. The highest BCUT2D eigenvalue weighted by atomic mass is 35.5. The fourth-order valence-electron chi connectivity index (χ4n) is 1.60.